The van der Waals surface area contributed by atoms with E-state index in [1.807, 2.05) is 0 Å². The zero-order chi connectivity index (χ0) is 13.4. The monoisotopic (exact) mass is 265 g/mol. The molecule has 1 unspecified atom stereocenters. The molecular weight excluding hydrogens is 238 g/mol. The Hall–Kier alpha value is -0.470. The first-order chi connectivity index (χ1) is 8.61. The van der Waals surface area contributed by atoms with E-state index in [2.05, 4.69) is 69.0 Å². The van der Waals surface area contributed by atoms with Gasteiger partial charge in [-0.15, -0.1) is 0 Å². The highest BCUT2D eigenvalue weighted by Crippen LogP contribution is 2.13. The van der Waals surface area contributed by atoms with Crippen LogP contribution in [0.3, 0.4) is 0 Å². The van der Waals surface area contributed by atoms with Crippen molar-refractivity contribution in [2.45, 2.75) is 40.2 Å². The number of thioether (sulfide) groups is 1. The molecule has 0 aromatic heterocycles. The molecule has 0 aliphatic carbocycles. The summed E-state index contributed by atoms with van der Waals surface area (Å²) in [6.07, 6.45) is 1.14. The van der Waals surface area contributed by atoms with E-state index in [1.54, 1.807) is 0 Å². The van der Waals surface area contributed by atoms with Crippen molar-refractivity contribution in [2.24, 2.45) is 5.92 Å². The van der Waals surface area contributed by atoms with Crippen LogP contribution in [0, 0.1) is 12.8 Å². The first kappa shape index (κ1) is 15.6. The fourth-order valence-corrected chi connectivity index (χ4v) is 3.18. The molecule has 0 saturated carbocycles. The second-order valence-electron chi connectivity index (χ2n) is 5.38. The van der Waals surface area contributed by atoms with Crippen molar-refractivity contribution in [1.29, 1.82) is 0 Å². The third-order valence-electron chi connectivity index (χ3n) is 2.83. The number of likely N-dealkylation sites (N-methyl/N-ethyl adjacent to an activating group) is 1. The first-order valence-corrected chi connectivity index (χ1v) is 8.14. The minimum Gasteiger partial charge on any atom is -0.313 e. The Labute approximate surface area is 117 Å². The van der Waals surface area contributed by atoms with Gasteiger partial charge in [0.05, 0.1) is 0 Å². The Morgan fingerprint density at radius 1 is 1.22 bits per heavy atom. The summed E-state index contributed by atoms with van der Waals surface area (Å²) >= 11 is 2.07. The van der Waals surface area contributed by atoms with E-state index >= 15 is 0 Å². The van der Waals surface area contributed by atoms with Gasteiger partial charge < -0.3 is 5.32 Å². The number of hydrogen-bond acceptors (Lipinski definition) is 2. The smallest absolute Gasteiger partial charge is 0.0198 e. The second-order valence-corrected chi connectivity index (χ2v) is 6.45. The molecule has 2 heteroatoms. The van der Waals surface area contributed by atoms with Crippen LogP contribution in [0.2, 0.25) is 0 Å². The van der Waals surface area contributed by atoms with Gasteiger partial charge in [0.1, 0.15) is 0 Å². The van der Waals surface area contributed by atoms with Crippen LogP contribution in [0.25, 0.3) is 0 Å². The summed E-state index contributed by atoms with van der Waals surface area (Å²) in [7, 11) is 0. The van der Waals surface area contributed by atoms with E-state index < -0.39 is 0 Å². The van der Waals surface area contributed by atoms with Crippen molar-refractivity contribution in [2.75, 3.05) is 18.1 Å². The molecule has 102 valence electrons. The number of rotatable bonds is 8. The number of aryl methyl sites for hydroxylation is 1. The molecule has 1 rings (SSSR count). The van der Waals surface area contributed by atoms with Crippen LogP contribution < -0.4 is 5.32 Å². The maximum Gasteiger partial charge on any atom is 0.0198 e. The van der Waals surface area contributed by atoms with Gasteiger partial charge in [0.2, 0.25) is 0 Å². The maximum atomic E-state index is 3.60. The second kappa shape index (κ2) is 8.60. The minimum absolute atomic E-state index is 0.598. The molecule has 0 spiro atoms. The molecule has 0 fully saturated rings. The summed E-state index contributed by atoms with van der Waals surface area (Å²) in [4.78, 5) is 0. The summed E-state index contributed by atoms with van der Waals surface area (Å²) in [5.41, 5.74) is 2.81. The number of benzene rings is 1. The lowest BCUT2D eigenvalue weighted by molar-refractivity contribution is 0.572. The highest BCUT2D eigenvalue weighted by molar-refractivity contribution is 7.99. The molecule has 18 heavy (non-hydrogen) atoms. The predicted molar refractivity (Wildman–Crippen MR) is 84.5 cm³/mol. The summed E-state index contributed by atoms with van der Waals surface area (Å²) in [5.74, 6) is 3.26. The van der Waals surface area contributed by atoms with Gasteiger partial charge in [-0.1, -0.05) is 50.6 Å². The zero-order valence-electron chi connectivity index (χ0n) is 12.2. The fourth-order valence-electron chi connectivity index (χ4n) is 2.05. The van der Waals surface area contributed by atoms with Crippen LogP contribution in [0.5, 0.6) is 0 Å². The summed E-state index contributed by atoms with van der Waals surface area (Å²) in [5, 5.41) is 3.60. The standard InChI is InChI=1S/C16H27NS/c1-5-17-16(12-18-11-13(2)3)10-15-8-6-7-14(4)9-15/h6-9,13,16-17H,5,10-12H2,1-4H3. The largest absolute Gasteiger partial charge is 0.313 e. The van der Waals surface area contributed by atoms with Crippen LogP contribution in [0.1, 0.15) is 31.9 Å². The highest BCUT2D eigenvalue weighted by atomic mass is 32.2. The molecule has 1 nitrogen and oxygen atoms in total. The van der Waals surface area contributed by atoms with Gasteiger partial charge in [0.15, 0.2) is 0 Å². The van der Waals surface area contributed by atoms with Crippen molar-refractivity contribution in [3.05, 3.63) is 35.4 Å². The molecule has 1 aromatic rings. The van der Waals surface area contributed by atoms with Crippen LogP contribution in [0.4, 0.5) is 0 Å². The van der Waals surface area contributed by atoms with Crippen LogP contribution in [-0.4, -0.2) is 24.1 Å². The predicted octanol–water partition coefficient (Wildman–Crippen LogP) is 3.90. The first-order valence-electron chi connectivity index (χ1n) is 6.98. The van der Waals surface area contributed by atoms with Gasteiger partial charge in [-0.25, -0.2) is 0 Å². The lowest BCUT2D eigenvalue weighted by Gasteiger charge is -2.18. The van der Waals surface area contributed by atoms with E-state index in [0.29, 0.717) is 6.04 Å². The molecule has 0 bridgehead atoms. The van der Waals surface area contributed by atoms with E-state index in [9.17, 15) is 0 Å². The van der Waals surface area contributed by atoms with Crippen LogP contribution in [0.15, 0.2) is 24.3 Å². The van der Waals surface area contributed by atoms with Crippen LogP contribution >= 0.6 is 11.8 Å². The SMILES string of the molecule is CCNC(CSCC(C)C)Cc1cccc(C)c1. The lowest BCUT2D eigenvalue weighted by Crippen LogP contribution is -2.33. The van der Waals surface area contributed by atoms with Crippen molar-refractivity contribution in [3.8, 4) is 0 Å². The van der Waals surface area contributed by atoms with E-state index in [1.165, 1.54) is 22.6 Å². The summed E-state index contributed by atoms with van der Waals surface area (Å²) in [6.45, 7) is 9.99. The highest BCUT2D eigenvalue weighted by Gasteiger charge is 2.09. The Morgan fingerprint density at radius 3 is 2.61 bits per heavy atom. The average molecular weight is 265 g/mol. The van der Waals surface area contributed by atoms with Crippen LogP contribution in [-0.2, 0) is 6.42 Å². The topological polar surface area (TPSA) is 12.0 Å². The van der Waals surface area contributed by atoms with Crippen molar-refractivity contribution in [3.63, 3.8) is 0 Å². The summed E-state index contributed by atoms with van der Waals surface area (Å²) < 4.78 is 0. The molecule has 1 N–H and O–H groups in total. The molecule has 0 radical (unpaired) electrons. The Bertz CT molecular complexity index is 336. The van der Waals surface area contributed by atoms with Crippen molar-refractivity contribution < 1.29 is 0 Å². The molecule has 0 aliphatic heterocycles. The molecule has 0 saturated heterocycles. The third kappa shape index (κ3) is 6.46. The van der Waals surface area contributed by atoms with Crippen molar-refractivity contribution >= 4 is 11.8 Å². The Kier molecular flexibility index (Phi) is 7.45. The molecule has 0 amide bonds. The molecule has 1 atom stereocenters. The van der Waals surface area contributed by atoms with Gasteiger partial charge in [-0.05, 0) is 37.1 Å². The van der Waals surface area contributed by atoms with Crippen molar-refractivity contribution in [1.82, 2.24) is 5.32 Å². The van der Waals surface area contributed by atoms with E-state index in [-0.39, 0.29) is 0 Å². The van der Waals surface area contributed by atoms with E-state index in [0.717, 1.165) is 18.9 Å². The van der Waals surface area contributed by atoms with Gasteiger partial charge in [-0.3, -0.25) is 0 Å². The third-order valence-corrected chi connectivity index (χ3v) is 4.37. The Balaban J connectivity index is 2.46. The maximum absolute atomic E-state index is 3.60. The minimum atomic E-state index is 0.598. The normalized spacial score (nSPS) is 12.9. The van der Waals surface area contributed by atoms with Gasteiger partial charge >= 0.3 is 0 Å². The molecule has 0 heterocycles. The quantitative estimate of drug-likeness (QED) is 0.765. The number of hydrogen-bond donors (Lipinski definition) is 1. The van der Waals surface area contributed by atoms with Gasteiger partial charge in [-0.2, -0.15) is 11.8 Å². The van der Waals surface area contributed by atoms with E-state index in [4.69, 9.17) is 0 Å². The fraction of sp³-hybridized carbons (Fsp3) is 0.625. The lowest BCUT2D eigenvalue weighted by atomic mass is 10.0. The summed E-state index contributed by atoms with van der Waals surface area (Å²) in [6, 6.07) is 9.47. The molecular formula is C16H27NS. The molecule has 0 aliphatic rings. The number of nitrogens with one attached hydrogen (secondary N) is 1. The van der Waals surface area contributed by atoms with Gasteiger partial charge in [0.25, 0.3) is 0 Å². The van der Waals surface area contributed by atoms with Gasteiger partial charge in [0, 0.05) is 11.8 Å². The molecule has 1 aromatic carbocycles. The average Bonchev–Trinajstić information content (AvgIpc) is 2.28. The Morgan fingerprint density at radius 2 is 2.00 bits per heavy atom. The zero-order valence-corrected chi connectivity index (χ0v) is 13.0.